The molecule has 0 aliphatic carbocycles. The molecule has 0 unspecified atom stereocenters. The minimum absolute atomic E-state index is 0.0330. The number of thiophene rings is 1. The van der Waals surface area contributed by atoms with E-state index in [1.807, 2.05) is 78.2 Å². The van der Waals surface area contributed by atoms with Crippen molar-refractivity contribution < 1.29 is 33.8 Å². The number of aryl methyl sites for hydroxylation is 1. The minimum Gasteiger partial charge on any atom is -0.484 e. The first kappa shape index (κ1) is 42.6. The topological polar surface area (TPSA) is 163 Å². The van der Waals surface area contributed by atoms with Gasteiger partial charge in [-0.3, -0.25) is 19.2 Å². The molecule has 5 aromatic carbocycles. The van der Waals surface area contributed by atoms with Crippen LogP contribution in [0.25, 0.3) is 22.3 Å². The van der Waals surface area contributed by atoms with Gasteiger partial charge < -0.3 is 31.1 Å². The van der Waals surface area contributed by atoms with Gasteiger partial charge in [0.25, 0.3) is 5.91 Å². The van der Waals surface area contributed by atoms with E-state index in [1.165, 1.54) is 28.0 Å². The Bertz CT molecular complexity index is 2340. The fraction of sp³-hybridized carbons (Fsp3) is 0.188. The largest absolute Gasteiger partial charge is 0.484 e. The van der Waals surface area contributed by atoms with E-state index in [9.17, 15) is 29.1 Å². The van der Waals surface area contributed by atoms with Crippen molar-refractivity contribution in [2.45, 2.75) is 44.3 Å². The number of benzene rings is 5. The van der Waals surface area contributed by atoms with E-state index >= 15 is 0 Å². The van der Waals surface area contributed by atoms with Crippen LogP contribution in [0.3, 0.4) is 0 Å². The zero-order chi connectivity index (χ0) is 42.3. The fourth-order valence-electron chi connectivity index (χ4n) is 6.48. The Morgan fingerprint density at radius 3 is 1.78 bits per heavy atom. The first-order chi connectivity index (χ1) is 29.1. The molecule has 2 bridgehead atoms. The van der Waals surface area contributed by atoms with Gasteiger partial charge in [0.05, 0.1) is 6.54 Å². The van der Waals surface area contributed by atoms with Gasteiger partial charge >= 0.3 is 5.97 Å². The molecule has 8 rings (SSSR count). The molecule has 3 heterocycles. The van der Waals surface area contributed by atoms with Crippen molar-refractivity contribution >= 4 is 40.9 Å². The van der Waals surface area contributed by atoms with Gasteiger partial charge in [0.15, 0.2) is 6.61 Å². The van der Waals surface area contributed by atoms with Crippen molar-refractivity contribution in [3.63, 3.8) is 0 Å². The lowest BCUT2D eigenvalue weighted by Gasteiger charge is -2.22. The van der Waals surface area contributed by atoms with E-state index in [4.69, 9.17) is 4.74 Å². The van der Waals surface area contributed by atoms with Crippen LogP contribution < -0.4 is 26.0 Å². The van der Waals surface area contributed by atoms with E-state index in [0.717, 1.165) is 21.6 Å². The van der Waals surface area contributed by atoms with Crippen LogP contribution in [-0.2, 0) is 43.2 Å². The normalized spacial score (nSPS) is 17.4. The summed E-state index contributed by atoms with van der Waals surface area (Å²) in [5, 5.41) is 22.2. The SMILES string of the molecule is Cc1ccc(-c2ccccc2)cc1.O=C1COc2ccc(cc2)C[C@@H](C(=O)O)NC(=O)[C@@H](Cc2ccc(-c3ccccc3)cc2)NC(=O)CNC(=O)[C@@H](Cc2cccs2)N1. The molecule has 306 valence electrons. The Hall–Kier alpha value is -7.05. The average Bonchev–Trinajstić information content (AvgIpc) is 3.79. The summed E-state index contributed by atoms with van der Waals surface area (Å²) in [5.74, 6) is -3.36. The second-order valence-corrected chi connectivity index (χ2v) is 15.3. The number of carbonyl (C=O) groups is 5. The quantitative estimate of drug-likeness (QED) is 0.121. The van der Waals surface area contributed by atoms with Crippen LogP contribution in [0.4, 0.5) is 0 Å². The Kier molecular flexibility index (Phi) is 15.0. The third-order valence-electron chi connectivity index (χ3n) is 9.72. The highest BCUT2D eigenvalue weighted by atomic mass is 32.1. The fourth-order valence-corrected chi connectivity index (χ4v) is 7.23. The Morgan fingerprint density at radius 2 is 1.20 bits per heavy atom. The smallest absolute Gasteiger partial charge is 0.326 e. The maximum atomic E-state index is 13.5. The summed E-state index contributed by atoms with van der Waals surface area (Å²) in [6, 6.07) is 43.0. The molecule has 6 aromatic rings. The lowest BCUT2D eigenvalue weighted by Crippen LogP contribution is -2.55. The average molecular weight is 823 g/mol. The number of hydrogen-bond acceptors (Lipinski definition) is 7. The monoisotopic (exact) mass is 822 g/mol. The summed E-state index contributed by atoms with van der Waals surface area (Å²) in [5.41, 5.74) is 7.19. The van der Waals surface area contributed by atoms with Crippen LogP contribution in [0, 0.1) is 6.92 Å². The lowest BCUT2D eigenvalue weighted by molar-refractivity contribution is -0.142. The number of ether oxygens (including phenoxy) is 1. The standard InChI is InChI=1S/C35H34N4O7S.C13H12/c40-31-20-36-33(42)29(19-27-7-4-16-47-27)38-32(41)21-46-26-14-10-23(11-15-26)18-30(35(44)45)39-34(43)28(37-31)17-22-8-12-25(13-9-22)24-5-2-1-3-6-24;1-11-7-9-13(10-8-11)12-5-3-2-4-6-12/h1-16,28-30H,17-21H2,(H,36,42)(H,37,40)(H,38,41)(H,39,43)(H,44,45);2-10H,1H3/t28-,29-,30+;/m1./s1. The maximum Gasteiger partial charge on any atom is 0.326 e. The molecule has 3 atom stereocenters. The molecule has 0 saturated heterocycles. The van der Waals surface area contributed by atoms with Crippen molar-refractivity contribution in [2.24, 2.45) is 0 Å². The van der Waals surface area contributed by atoms with Crippen molar-refractivity contribution in [1.29, 1.82) is 0 Å². The molecular formula is C48H46N4O7S. The lowest BCUT2D eigenvalue weighted by atomic mass is 9.99. The second-order valence-electron chi connectivity index (χ2n) is 14.3. The molecule has 60 heavy (non-hydrogen) atoms. The molecule has 5 N–H and O–H groups in total. The van der Waals surface area contributed by atoms with Crippen molar-refractivity contribution in [3.05, 3.63) is 173 Å². The molecule has 1 aromatic heterocycles. The second kappa shape index (κ2) is 21.1. The molecular weight excluding hydrogens is 777 g/mol. The number of rotatable bonds is 7. The highest BCUT2D eigenvalue weighted by molar-refractivity contribution is 7.09. The summed E-state index contributed by atoms with van der Waals surface area (Å²) in [6.45, 7) is 1.26. The van der Waals surface area contributed by atoms with E-state index in [0.29, 0.717) is 11.3 Å². The highest BCUT2D eigenvalue weighted by Crippen LogP contribution is 2.21. The number of carboxylic acid groups (broad SMARTS) is 1. The van der Waals surface area contributed by atoms with E-state index in [-0.39, 0.29) is 25.9 Å². The minimum atomic E-state index is -1.29. The van der Waals surface area contributed by atoms with E-state index in [1.54, 1.807) is 24.3 Å². The third-order valence-corrected chi connectivity index (χ3v) is 10.6. The maximum absolute atomic E-state index is 13.5. The van der Waals surface area contributed by atoms with Gasteiger partial charge in [0.1, 0.15) is 23.9 Å². The van der Waals surface area contributed by atoms with Gasteiger partial charge in [-0.05, 0) is 63.9 Å². The predicted octanol–water partition coefficient (Wildman–Crippen LogP) is 6.15. The molecule has 0 spiro atoms. The van der Waals surface area contributed by atoms with Gasteiger partial charge in [-0.1, -0.05) is 133 Å². The number of carbonyl (C=O) groups excluding carboxylic acids is 4. The Balaban J connectivity index is 0.000000392. The number of fused-ring (bicyclic) bond motifs is 16. The third kappa shape index (κ3) is 12.7. The first-order valence-corrected chi connectivity index (χ1v) is 20.4. The van der Waals surface area contributed by atoms with E-state index < -0.39 is 54.3 Å². The Labute approximate surface area is 352 Å². The summed E-state index contributed by atoms with van der Waals surface area (Å²) >= 11 is 1.43. The molecule has 2 aliphatic heterocycles. The number of carboxylic acids is 1. The van der Waals surface area contributed by atoms with Gasteiger partial charge in [-0.15, -0.1) is 11.3 Å². The van der Waals surface area contributed by atoms with Crippen molar-refractivity contribution in [2.75, 3.05) is 13.2 Å². The summed E-state index contributed by atoms with van der Waals surface area (Å²) in [4.78, 5) is 65.6. The Morgan fingerprint density at radius 1 is 0.633 bits per heavy atom. The van der Waals surface area contributed by atoms with Crippen LogP contribution >= 0.6 is 11.3 Å². The van der Waals surface area contributed by atoms with Gasteiger partial charge in [-0.2, -0.15) is 0 Å². The van der Waals surface area contributed by atoms with Crippen molar-refractivity contribution in [1.82, 2.24) is 21.3 Å². The molecule has 0 radical (unpaired) electrons. The van der Waals surface area contributed by atoms with Crippen molar-refractivity contribution in [3.8, 4) is 28.0 Å². The van der Waals surface area contributed by atoms with Crippen LogP contribution in [0.2, 0.25) is 0 Å². The highest BCUT2D eigenvalue weighted by Gasteiger charge is 2.28. The van der Waals surface area contributed by atoms with Crippen LogP contribution in [0.5, 0.6) is 5.75 Å². The molecule has 11 nitrogen and oxygen atoms in total. The summed E-state index contributed by atoms with van der Waals surface area (Å²) < 4.78 is 5.58. The van der Waals surface area contributed by atoms with Crippen LogP contribution in [-0.4, -0.2) is 66.0 Å². The number of nitrogens with one attached hydrogen (secondary N) is 4. The van der Waals surface area contributed by atoms with Gasteiger partial charge in [0, 0.05) is 24.1 Å². The zero-order valence-electron chi connectivity index (χ0n) is 33.0. The molecule has 0 saturated carbocycles. The number of aliphatic carboxylic acids is 1. The first-order valence-electron chi connectivity index (χ1n) is 19.5. The molecule has 2 aliphatic rings. The molecule has 12 heteroatoms. The van der Waals surface area contributed by atoms with Gasteiger partial charge in [-0.25, -0.2) is 4.79 Å². The number of hydrogen-bond donors (Lipinski definition) is 5. The van der Waals surface area contributed by atoms with E-state index in [2.05, 4.69) is 76.7 Å². The summed E-state index contributed by atoms with van der Waals surface area (Å²) in [7, 11) is 0. The van der Waals surface area contributed by atoms with Crippen LogP contribution in [0.1, 0.15) is 21.6 Å². The molecule has 0 fully saturated rings. The molecule has 4 amide bonds. The predicted molar refractivity (Wildman–Crippen MR) is 232 cm³/mol. The van der Waals surface area contributed by atoms with Crippen LogP contribution in [0.15, 0.2) is 151 Å². The number of amides is 4. The van der Waals surface area contributed by atoms with Gasteiger partial charge in [0.2, 0.25) is 17.7 Å². The summed E-state index contributed by atoms with van der Waals surface area (Å²) in [6.07, 6.45) is 0.233. The zero-order valence-corrected chi connectivity index (χ0v) is 33.8.